The number of nitrogens with zero attached hydrogens (tertiary/aromatic N) is 3. The summed E-state index contributed by atoms with van der Waals surface area (Å²) in [5.41, 5.74) is -3.48. The number of ether oxygens (including phenoxy) is 1. The lowest BCUT2D eigenvalue weighted by Crippen LogP contribution is -2.42. The molecule has 0 saturated heterocycles. The molecular weight excluding hydrogens is 270 g/mol. The van der Waals surface area contributed by atoms with Crippen molar-refractivity contribution in [3.8, 4) is 0 Å². The number of hydrogen-bond donors (Lipinski definition) is 0. The summed E-state index contributed by atoms with van der Waals surface area (Å²) >= 11 is 0. The Hall–Kier alpha value is -2.45. The average Bonchev–Trinajstić information content (AvgIpc) is 2.42. The van der Waals surface area contributed by atoms with Gasteiger partial charge in [-0.2, -0.15) is 0 Å². The van der Waals surface area contributed by atoms with E-state index in [0.29, 0.717) is 17.4 Å². The van der Waals surface area contributed by atoms with Crippen LogP contribution in [0.4, 0.5) is 5.69 Å². The maximum absolute atomic E-state index is 12.0. The summed E-state index contributed by atoms with van der Waals surface area (Å²) in [5, 5.41) is 11.0. The predicted octanol–water partition coefficient (Wildman–Crippen LogP) is 0.0419. The van der Waals surface area contributed by atoms with Gasteiger partial charge >= 0.3 is 22.9 Å². The molecule has 0 saturated carbocycles. The molecule has 0 amide bonds. The second-order valence-electron chi connectivity index (χ2n) is 4.10. The molecule has 110 valence electrons. The van der Waals surface area contributed by atoms with Crippen LogP contribution in [0, 0.1) is 10.1 Å². The Kier molecular flexibility index (Phi) is 4.78. The molecule has 0 aliphatic heterocycles. The first-order valence-corrected chi connectivity index (χ1v) is 5.93. The van der Waals surface area contributed by atoms with E-state index in [1.165, 1.54) is 0 Å². The van der Waals surface area contributed by atoms with Crippen LogP contribution in [0.3, 0.4) is 0 Å². The van der Waals surface area contributed by atoms with E-state index in [0.717, 1.165) is 18.7 Å². The van der Waals surface area contributed by atoms with Gasteiger partial charge in [0.2, 0.25) is 5.69 Å². The van der Waals surface area contributed by atoms with Gasteiger partial charge in [0.05, 0.1) is 12.0 Å². The average molecular weight is 285 g/mol. The quantitative estimate of drug-likeness (QED) is 0.429. The maximum atomic E-state index is 12.0. The van der Waals surface area contributed by atoms with Gasteiger partial charge in [-0.05, 0) is 6.42 Å². The van der Waals surface area contributed by atoms with Crippen LogP contribution < -0.4 is 11.2 Å². The van der Waals surface area contributed by atoms with Crippen LogP contribution in [0.25, 0.3) is 0 Å². The topological polar surface area (TPSA) is 113 Å². The summed E-state index contributed by atoms with van der Waals surface area (Å²) in [6.45, 7) is 1.95. The van der Waals surface area contributed by atoms with Crippen molar-refractivity contribution in [3.05, 3.63) is 36.6 Å². The summed E-state index contributed by atoms with van der Waals surface area (Å²) in [6, 6.07) is 0. The number of methoxy groups -OCH3 is 1. The second kappa shape index (κ2) is 6.13. The highest BCUT2D eigenvalue weighted by atomic mass is 16.6. The van der Waals surface area contributed by atoms with Crippen molar-refractivity contribution in [1.82, 2.24) is 9.13 Å². The number of unbranched alkanes of at least 4 members (excludes halogenated alkanes) is 1. The van der Waals surface area contributed by atoms with Gasteiger partial charge in [-0.1, -0.05) is 13.3 Å². The minimum Gasteiger partial charge on any atom is -0.464 e. The molecule has 0 aliphatic rings. The van der Waals surface area contributed by atoms with Gasteiger partial charge in [0.25, 0.3) is 0 Å². The Morgan fingerprint density at radius 1 is 1.40 bits per heavy atom. The van der Waals surface area contributed by atoms with Crippen LogP contribution in [-0.4, -0.2) is 27.1 Å². The van der Waals surface area contributed by atoms with Gasteiger partial charge < -0.3 is 4.74 Å². The zero-order valence-electron chi connectivity index (χ0n) is 11.4. The SMILES string of the molecule is CCCCn1c(C(=O)OC)c([N+](=O)[O-])c(=O)n(C)c1=O. The third kappa shape index (κ3) is 2.60. The summed E-state index contributed by atoms with van der Waals surface area (Å²) in [7, 11) is 2.15. The first-order chi connectivity index (χ1) is 9.36. The van der Waals surface area contributed by atoms with Gasteiger partial charge in [0, 0.05) is 13.6 Å². The number of aromatic nitrogens is 2. The number of rotatable bonds is 5. The lowest BCUT2D eigenvalue weighted by atomic mass is 10.3. The molecule has 0 aromatic carbocycles. The lowest BCUT2D eigenvalue weighted by Gasteiger charge is -2.12. The van der Waals surface area contributed by atoms with E-state index in [2.05, 4.69) is 4.74 Å². The molecule has 1 aromatic heterocycles. The minimum absolute atomic E-state index is 0.0920. The lowest BCUT2D eigenvalue weighted by molar-refractivity contribution is -0.387. The fourth-order valence-electron chi connectivity index (χ4n) is 1.74. The molecule has 0 unspecified atom stereocenters. The van der Waals surface area contributed by atoms with Crippen LogP contribution in [0.1, 0.15) is 30.3 Å². The zero-order valence-corrected chi connectivity index (χ0v) is 11.4. The van der Waals surface area contributed by atoms with Crippen molar-refractivity contribution in [2.24, 2.45) is 7.05 Å². The monoisotopic (exact) mass is 285 g/mol. The van der Waals surface area contributed by atoms with E-state index in [-0.39, 0.29) is 6.54 Å². The second-order valence-corrected chi connectivity index (χ2v) is 4.10. The van der Waals surface area contributed by atoms with Crippen molar-refractivity contribution < 1.29 is 14.5 Å². The number of esters is 1. The molecular formula is C11H15N3O6. The third-order valence-corrected chi connectivity index (χ3v) is 2.82. The zero-order chi connectivity index (χ0) is 15.4. The molecule has 0 radical (unpaired) electrons. The van der Waals surface area contributed by atoms with E-state index < -0.39 is 33.5 Å². The summed E-state index contributed by atoms with van der Waals surface area (Å²) < 4.78 is 5.97. The van der Waals surface area contributed by atoms with E-state index >= 15 is 0 Å². The van der Waals surface area contributed by atoms with Gasteiger partial charge in [0.15, 0.2) is 0 Å². The van der Waals surface area contributed by atoms with E-state index in [1.807, 2.05) is 6.92 Å². The number of carbonyl (C=O) groups excluding carboxylic acids is 1. The van der Waals surface area contributed by atoms with E-state index in [9.17, 15) is 24.5 Å². The van der Waals surface area contributed by atoms with Gasteiger partial charge in [-0.15, -0.1) is 0 Å². The molecule has 1 aromatic rings. The highest BCUT2D eigenvalue weighted by Crippen LogP contribution is 2.13. The molecule has 9 heteroatoms. The predicted molar refractivity (Wildman–Crippen MR) is 68.8 cm³/mol. The molecule has 0 N–H and O–H groups in total. The normalized spacial score (nSPS) is 10.3. The molecule has 20 heavy (non-hydrogen) atoms. The highest BCUT2D eigenvalue weighted by molar-refractivity contribution is 5.91. The number of carbonyl (C=O) groups is 1. The van der Waals surface area contributed by atoms with Crippen molar-refractivity contribution >= 4 is 11.7 Å². The molecule has 0 spiro atoms. The van der Waals surface area contributed by atoms with Crippen LogP contribution in [0.2, 0.25) is 0 Å². The Morgan fingerprint density at radius 2 is 2.00 bits per heavy atom. The maximum Gasteiger partial charge on any atom is 0.365 e. The molecule has 0 atom stereocenters. The summed E-state index contributed by atoms with van der Waals surface area (Å²) in [4.78, 5) is 45.6. The highest BCUT2D eigenvalue weighted by Gasteiger charge is 2.31. The smallest absolute Gasteiger partial charge is 0.365 e. The molecule has 0 fully saturated rings. The molecule has 0 bridgehead atoms. The molecule has 1 rings (SSSR count). The fourth-order valence-corrected chi connectivity index (χ4v) is 1.74. The molecule has 9 nitrogen and oxygen atoms in total. The Bertz CT molecular complexity index is 657. The largest absolute Gasteiger partial charge is 0.464 e. The van der Waals surface area contributed by atoms with Crippen LogP contribution in [-0.2, 0) is 18.3 Å². The first-order valence-electron chi connectivity index (χ1n) is 5.93. The standard InChI is InChI=1S/C11H15N3O6/c1-4-5-6-13-8(10(16)20-3)7(14(18)19)9(15)12(2)11(13)17/h4-6H2,1-3H3. The molecule has 0 aliphatic carbocycles. The number of hydrogen-bond acceptors (Lipinski definition) is 6. The van der Waals surface area contributed by atoms with Crippen molar-refractivity contribution in [1.29, 1.82) is 0 Å². The third-order valence-electron chi connectivity index (χ3n) is 2.82. The minimum atomic E-state index is -1.13. The summed E-state index contributed by atoms with van der Waals surface area (Å²) in [5.74, 6) is -1.08. The van der Waals surface area contributed by atoms with Crippen molar-refractivity contribution in [2.75, 3.05) is 7.11 Å². The summed E-state index contributed by atoms with van der Waals surface area (Å²) in [6.07, 6.45) is 1.24. The first kappa shape index (κ1) is 15.6. The van der Waals surface area contributed by atoms with Crippen LogP contribution >= 0.6 is 0 Å². The van der Waals surface area contributed by atoms with Gasteiger partial charge in [0.1, 0.15) is 0 Å². The van der Waals surface area contributed by atoms with Gasteiger partial charge in [-0.3, -0.25) is 24.0 Å². The van der Waals surface area contributed by atoms with Crippen LogP contribution in [0.15, 0.2) is 9.59 Å². The van der Waals surface area contributed by atoms with E-state index in [4.69, 9.17) is 0 Å². The van der Waals surface area contributed by atoms with Crippen molar-refractivity contribution in [3.63, 3.8) is 0 Å². The Balaban J connectivity index is 3.80. The molecule has 1 heterocycles. The van der Waals surface area contributed by atoms with Crippen molar-refractivity contribution in [2.45, 2.75) is 26.3 Å². The van der Waals surface area contributed by atoms with Crippen LogP contribution in [0.5, 0.6) is 0 Å². The number of nitro groups is 1. The van der Waals surface area contributed by atoms with E-state index in [1.54, 1.807) is 0 Å². The Morgan fingerprint density at radius 3 is 2.45 bits per heavy atom. The fraction of sp³-hybridized carbons (Fsp3) is 0.545. The Labute approximate surface area is 113 Å². The van der Waals surface area contributed by atoms with Gasteiger partial charge in [-0.25, -0.2) is 9.59 Å².